The van der Waals surface area contributed by atoms with Gasteiger partial charge in [-0.25, -0.2) is 4.79 Å². The van der Waals surface area contributed by atoms with E-state index in [2.05, 4.69) is 21.3 Å². The van der Waals surface area contributed by atoms with Gasteiger partial charge in [0.25, 0.3) is 0 Å². The second kappa shape index (κ2) is 17.6. The highest BCUT2D eigenvalue weighted by Crippen LogP contribution is 2.01. The molecule has 11 N–H and O–H groups in total. The van der Waals surface area contributed by atoms with E-state index in [4.69, 9.17) is 21.7 Å². The van der Waals surface area contributed by atoms with E-state index in [-0.39, 0.29) is 25.7 Å². The summed E-state index contributed by atoms with van der Waals surface area (Å²) >= 11 is 0. The van der Waals surface area contributed by atoms with Crippen molar-refractivity contribution in [2.75, 3.05) is 19.6 Å². The summed E-state index contributed by atoms with van der Waals surface area (Å²) < 4.78 is 0. The average molecular weight is 519 g/mol. The molecule has 16 heteroatoms. The minimum atomic E-state index is -1.38. The first-order valence-corrected chi connectivity index (χ1v) is 11.1. The van der Waals surface area contributed by atoms with Crippen LogP contribution >= 0.6 is 0 Å². The highest BCUT2D eigenvalue weighted by atomic mass is 16.4. The molecule has 3 atom stereocenters. The van der Waals surface area contributed by atoms with Crippen molar-refractivity contribution in [1.82, 2.24) is 21.3 Å². The number of nitrogens with one attached hydrogen (secondary N) is 4. The largest absolute Gasteiger partial charge is 0.481 e. The van der Waals surface area contributed by atoms with Gasteiger partial charge in [0.1, 0.15) is 12.1 Å². The maximum atomic E-state index is 12.4. The van der Waals surface area contributed by atoms with E-state index in [0.717, 1.165) is 0 Å². The van der Waals surface area contributed by atoms with E-state index >= 15 is 0 Å². The molecule has 0 aliphatic rings. The van der Waals surface area contributed by atoms with Crippen molar-refractivity contribution >= 4 is 41.5 Å². The van der Waals surface area contributed by atoms with Crippen LogP contribution in [-0.4, -0.2) is 94.6 Å². The van der Waals surface area contributed by atoms with Crippen molar-refractivity contribution in [3.05, 3.63) is 0 Å². The zero-order chi connectivity index (χ0) is 27.7. The van der Waals surface area contributed by atoms with Crippen LogP contribution in [0.25, 0.3) is 0 Å². The number of carboxylic acids is 3. The van der Waals surface area contributed by atoms with Crippen LogP contribution in [-0.2, 0) is 33.6 Å². The van der Waals surface area contributed by atoms with Crippen LogP contribution in [0, 0.1) is 0 Å². The molecule has 0 aromatic heterocycles. The quantitative estimate of drug-likeness (QED) is 0.0752. The second-order valence-electron chi connectivity index (χ2n) is 7.77. The normalized spacial score (nSPS) is 12.9. The Morgan fingerprint density at radius 1 is 0.667 bits per heavy atom. The van der Waals surface area contributed by atoms with Crippen LogP contribution in [0.4, 0.5) is 0 Å². The number of amides is 4. The highest BCUT2D eigenvalue weighted by molar-refractivity contribution is 5.93. The molecular weight excluding hydrogens is 484 g/mol. The van der Waals surface area contributed by atoms with Crippen molar-refractivity contribution in [3.63, 3.8) is 0 Å². The Labute approximate surface area is 206 Å². The third kappa shape index (κ3) is 15.2. The smallest absolute Gasteiger partial charge is 0.326 e. The molecule has 0 saturated heterocycles. The number of hydrogen-bond donors (Lipinski definition) is 9. The molecule has 0 unspecified atom stereocenters. The summed E-state index contributed by atoms with van der Waals surface area (Å²) in [5.74, 6) is -7.04. The maximum absolute atomic E-state index is 12.4. The van der Waals surface area contributed by atoms with Crippen molar-refractivity contribution in [1.29, 1.82) is 0 Å². The van der Waals surface area contributed by atoms with Crippen LogP contribution in [0.2, 0.25) is 0 Å². The summed E-state index contributed by atoms with van der Waals surface area (Å²) in [5.41, 5.74) is 10.9. The van der Waals surface area contributed by atoms with Crippen molar-refractivity contribution < 1.29 is 48.9 Å². The van der Waals surface area contributed by atoms with Crippen molar-refractivity contribution in [2.45, 2.75) is 63.1 Å². The number of carboxylic acid groups (broad SMARTS) is 3. The van der Waals surface area contributed by atoms with E-state index in [0.29, 0.717) is 19.4 Å². The van der Waals surface area contributed by atoms with Gasteiger partial charge in [-0.1, -0.05) is 0 Å². The molecule has 4 amide bonds. The average Bonchev–Trinajstić information content (AvgIpc) is 2.81. The Morgan fingerprint density at radius 3 is 1.67 bits per heavy atom. The van der Waals surface area contributed by atoms with Gasteiger partial charge in [-0.3, -0.25) is 28.8 Å². The number of hydrogen-bond acceptors (Lipinski definition) is 9. The Bertz CT molecular complexity index is 806. The van der Waals surface area contributed by atoms with Gasteiger partial charge in [0, 0.05) is 12.8 Å². The van der Waals surface area contributed by atoms with Crippen LogP contribution in [0.5, 0.6) is 0 Å². The summed E-state index contributed by atoms with van der Waals surface area (Å²) in [6, 6.07) is -3.74. The van der Waals surface area contributed by atoms with Crippen LogP contribution in [0.1, 0.15) is 44.9 Å². The van der Waals surface area contributed by atoms with E-state index in [1.165, 1.54) is 0 Å². The third-order valence-corrected chi connectivity index (χ3v) is 4.73. The molecule has 0 spiro atoms. The molecule has 0 fully saturated rings. The number of nitrogens with two attached hydrogens (primary N) is 2. The molecular formula is C20H34N6O10. The lowest BCUT2D eigenvalue weighted by Crippen LogP contribution is -2.53. The molecule has 0 aromatic carbocycles. The Morgan fingerprint density at radius 2 is 1.17 bits per heavy atom. The monoisotopic (exact) mass is 518 g/mol. The predicted molar refractivity (Wildman–Crippen MR) is 122 cm³/mol. The molecule has 16 nitrogen and oxygen atoms in total. The lowest BCUT2D eigenvalue weighted by molar-refractivity contribution is -0.142. The molecule has 0 bridgehead atoms. The van der Waals surface area contributed by atoms with Crippen molar-refractivity contribution in [2.24, 2.45) is 11.5 Å². The van der Waals surface area contributed by atoms with Crippen LogP contribution < -0.4 is 32.7 Å². The highest BCUT2D eigenvalue weighted by Gasteiger charge is 2.24. The van der Waals surface area contributed by atoms with E-state index in [9.17, 15) is 38.7 Å². The fraction of sp³-hybridized carbons (Fsp3) is 0.650. The summed E-state index contributed by atoms with van der Waals surface area (Å²) in [6.45, 7) is -0.894. The summed E-state index contributed by atoms with van der Waals surface area (Å²) in [4.78, 5) is 81.1. The fourth-order valence-electron chi connectivity index (χ4n) is 2.78. The number of aliphatic carboxylic acids is 3. The first-order valence-electron chi connectivity index (χ1n) is 11.1. The SMILES string of the molecule is NCCCC[C@H](NC(=O)CNC(=O)[C@H](CCC(=O)O)NC(=O)CNC(=O)[C@@H](N)CCC(=O)O)C(=O)O. The van der Waals surface area contributed by atoms with Gasteiger partial charge >= 0.3 is 17.9 Å². The minimum Gasteiger partial charge on any atom is -0.481 e. The Kier molecular flexibility index (Phi) is 15.8. The Hall–Kier alpha value is -3.79. The molecule has 0 heterocycles. The van der Waals surface area contributed by atoms with Gasteiger partial charge in [0.05, 0.1) is 19.1 Å². The van der Waals surface area contributed by atoms with E-state index in [1.807, 2.05) is 0 Å². The number of unbranched alkanes of at least 4 members (excludes halogenated alkanes) is 1. The zero-order valence-corrected chi connectivity index (χ0v) is 19.7. The predicted octanol–water partition coefficient (Wildman–Crippen LogP) is -3.54. The van der Waals surface area contributed by atoms with Gasteiger partial charge in [0.15, 0.2) is 0 Å². The summed E-state index contributed by atoms with van der Waals surface area (Å²) in [6.07, 6.45) is -0.191. The van der Waals surface area contributed by atoms with Gasteiger partial charge in [-0.15, -0.1) is 0 Å². The van der Waals surface area contributed by atoms with Crippen LogP contribution in [0.15, 0.2) is 0 Å². The van der Waals surface area contributed by atoms with Gasteiger partial charge in [0.2, 0.25) is 23.6 Å². The van der Waals surface area contributed by atoms with Crippen LogP contribution in [0.3, 0.4) is 0 Å². The van der Waals surface area contributed by atoms with E-state index < -0.39 is 79.2 Å². The zero-order valence-electron chi connectivity index (χ0n) is 19.7. The van der Waals surface area contributed by atoms with Crippen molar-refractivity contribution in [3.8, 4) is 0 Å². The Balaban J connectivity index is 4.83. The standard InChI is InChI=1S/C20H34N6O10/c21-8-2-1-3-13(20(35)36)26-15(28)10-24-19(34)12(5-7-17(31)32)25-14(27)9-23-18(33)11(22)4-6-16(29)30/h11-13H,1-10,21-22H2,(H,23,33)(H,24,34)(H,25,27)(H,26,28)(H,29,30)(H,31,32)(H,35,36)/t11-,12-,13-/m0/s1. The lowest BCUT2D eigenvalue weighted by Gasteiger charge is -2.19. The molecule has 0 aliphatic heterocycles. The third-order valence-electron chi connectivity index (χ3n) is 4.73. The number of carbonyl (C=O) groups excluding carboxylic acids is 4. The first kappa shape index (κ1) is 32.2. The molecule has 204 valence electrons. The topological polar surface area (TPSA) is 280 Å². The summed E-state index contributed by atoms with van der Waals surface area (Å²) in [5, 5.41) is 35.5. The molecule has 0 aromatic rings. The lowest BCUT2D eigenvalue weighted by atomic mass is 10.1. The summed E-state index contributed by atoms with van der Waals surface area (Å²) in [7, 11) is 0. The number of carbonyl (C=O) groups is 7. The molecule has 0 rings (SSSR count). The second-order valence-corrected chi connectivity index (χ2v) is 7.77. The van der Waals surface area contributed by atoms with Gasteiger partial charge in [-0.05, 0) is 38.6 Å². The molecule has 0 saturated carbocycles. The first-order chi connectivity index (χ1) is 16.9. The fourth-order valence-corrected chi connectivity index (χ4v) is 2.78. The van der Waals surface area contributed by atoms with Gasteiger partial charge < -0.3 is 48.1 Å². The van der Waals surface area contributed by atoms with E-state index in [1.54, 1.807) is 0 Å². The molecule has 0 radical (unpaired) electrons. The number of rotatable bonds is 19. The maximum Gasteiger partial charge on any atom is 0.326 e. The molecule has 36 heavy (non-hydrogen) atoms. The molecule has 0 aliphatic carbocycles. The minimum absolute atomic E-state index is 0.134. The van der Waals surface area contributed by atoms with Gasteiger partial charge in [-0.2, -0.15) is 0 Å².